The fourth-order valence-corrected chi connectivity index (χ4v) is 4.16. The van der Waals surface area contributed by atoms with Crippen LogP contribution in [0.15, 0.2) is 0 Å². The summed E-state index contributed by atoms with van der Waals surface area (Å²) < 4.78 is 37.0. The van der Waals surface area contributed by atoms with Gasteiger partial charge in [-0.05, 0) is 37.5 Å². The van der Waals surface area contributed by atoms with E-state index in [9.17, 15) is 13.2 Å². The molecule has 1 rings (SSSR count). The first-order chi connectivity index (χ1) is 11.5. The first-order valence-corrected chi connectivity index (χ1v) is 10.3. The van der Waals surface area contributed by atoms with Crippen molar-refractivity contribution in [2.24, 2.45) is 11.8 Å². The second-order valence-corrected chi connectivity index (χ2v) is 7.71. The molecule has 1 nitrogen and oxygen atoms in total. The summed E-state index contributed by atoms with van der Waals surface area (Å²) in [7, 11) is 0. The number of unbranched alkanes of at least 4 members (excludes halogenated alkanes) is 5. The number of rotatable bonds is 12. The third kappa shape index (κ3) is 9.90. The molecule has 1 aliphatic rings. The van der Waals surface area contributed by atoms with Crippen molar-refractivity contribution < 1.29 is 13.2 Å². The van der Waals surface area contributed by atoms with Crippen LogP contribution in [0.25, 0.3) is 0 Å². The van der Waals surface area contributed by atoms with Gasteiger partial charge in [0.15, 0.2) is 0 Å². The van der Waals surface area contributed by atoms with Gasteiger partial charge in [-0.15, -0.1) is 0 Å². The first-order valence-electron chi connectivity index (χ1n) is 10.3. The van der Waals surface area contributed by atoms with Crippen LogP contribution in [0.5, 0.6) is 0 Å². The quantitative estimate of drug-likeness (QED) is 0.379. The summed E-state index contributed by atoms with van der Waals surface area (Å²) in [6.07, 6.45) is 11.8. The minimum absolute atomic E-state index is 0.0688. The molecule has 0 heterocycles. The summed E-state index contributed by atoms with van der Waals surface area (Å²) in [5.41, 5.74) is 0. The molecule has 1 N–H and O–H groups in total. The third-order valence-electron chi connectivity index (χ3n) is 5.64. The van der Waals surface area contributed by atoms with E-state index in [2.05, 4.69) is 19.2 Å². The predicted molar refractivity (Wildman–Crippen MR) is 96.2 cm³/mol. The molecule has 24 heavy (non-hydrogen) atoms. The third-order valence-corrected chi connectivity index (χ3v) is 5.64. The van der Waals surface area contributed by atoms with E-state index in [1.807, 2.05) is 0 Å². The minimum atomic E-state index is -4.08. The highest BCUT2D eigenvalue weighted by atomic mass is 19.4. The zero-order valence-electron chi connectivity index (χ0n) is 15.8. The summed E-state index contributed by atoms with van der Waals surface area (Å²) in [4.78, 5) is 0. The van der Waals surface area contributed by atoms with Crippen LogP contribution in [-0.4, -0.2) is 18.8 Å². The van der Waals surface area contributed by atoms with Crippen molar-refractivity contribution in [3.05, 3.63) is 0 Å². The van der Waals surface area contributed by atoms with E-state index in [1.54, 1.807) is 0 Å². The fourth-order valence-electron chi connectivity index (χ4n) is 4.16. The zero-order valence-corrected chi connectivity index (χ0v) is 15.8. The molecule has 0 amide bonds. The Morgan fingerprint density at radius 2 is 1.38 bits per heavy atom. The Hall–Kier alpha value is -0.250. The largest absolute Gasteiger partial charge is 0.401 e. The Morgan fingerprint density at radius 3 is 1.92 bits per heavy atom. The highest BCUT2D eigenvalue weighted by Gasteiger charge is 2.31. The van der Waals surface area contributed by atoms with Crippen molar-refractivity contribution in [3.63, 3.8) is 0 Å². The molecule has 1 fully saturated rings. The van der Waals surface area contributed by atoms with Crippen molar-refractivity contribution in [2.45, 2.75) is 110 Å². The van der Waals surface area contributed by atoms with Gasteiger partial charge in [-0.25, -0.2) is 0 Å². The van der Waals surface area contributed by atoms with Gasteiger partial charge in [0.2, 0.25) is 0 Å². The Kier molecular flexibility index (Phi) is 11.0. The summed E-state index contributed by atoms with van der Waals surface area (Å²) in [5, 5.41) is 2.71. The molecular weight excluding hydrogens is 311 g/mol. The monoisotopic (exact) mass is 349 g/mol. The molecule has 1 unspecified atom stereocenters. The Morgan fingerprint density at radius 1 is 0.833 bits per heavy atom. The maximum absolute atomic E-state index is 12.3. The van der Waals surface area contributed by atoms with Crippen LogP contribution >= 0.6 is 0 Å². The number of halogens is 3. The Bertz CT molecular complexity index is 296. The number of nitrogens with one attached hydrogen (secondary N) is 1. The topological polar surface area (TPSA) is 12.0 Å². The molecule has 1 saturated carbocycles. The van der Waals surface area contributed by atoms with Gasteiger partial charge in [0.25, 0.3) is 0 Å². The summed E-state index contributed by atoms with van der Waals surface area (Å²) in [5.74, 6) is 1.55. The van der Waals surface area contributed by atoms with Gasteiger partial charge >= 0.3 is 6.18 Å². The normalized spacial score (nSPS) is 23.4. The van der Waals surface area contributed by atoms with E-state index >= 15 is 0 Å². The molecule has 1 atom stereocenters. The van der Waals surface area contributed by atoms with Crippen LogP contribution in [0.2, 0.25) is 0 Å². The van der Waals surface area contributed by atoms with Crippen molar-refractivity contribution in [3.8, 4) is 0 Å². The SMILES string of the molecule is CCCCCCC(CCCCC)[C@H]1CC[C@@H](NCC(F)(F)F)CC1. The lowest BCUT2D eigenvalue weighted by molar-refractivity contribution is -0.126. The van der Waals surface area contributed by atoms with Crippen molar-refractivity contribution in [2.75, 3.05) is 6.54 Å². The lowest BCUT2D eigenvalue weighted by Gasteiger charge is -2.35. The lowest BCUT2D eigenvalue weighted by Crippen LogP contribution is -2.40. The highest BCUT2D eigenvalue weighted by Crippen LogP contribution is 2.36. The van der Waals surface area contributed by atoms with Crippen LogP contribution in [0, 0.1) is 11.8 Å². The second kappa shape index (κ2) is 12.2. The van der Waals surface area contributed by atoms with Crippen LogP contribution < -0.4 is 5.32 Å². The molecular formula is C20H38F3N. The minimum Gasteiger partial charge on any atom is -0.306 e. The maximum Gasteiger partial charge on any atom is 0.401 e. The van der Waals surface area contributed by atoms with Gasteiger partial charge in [-0.3, -0.25) is 0 Å². The standard InChI is InChI=1S/C20H38F3N/c1-3-5-7-9-11-17(10-8-6-4-2)18-12-14-19(15-13-18)24-16-20(21,22)23/h17-19,24H,3-16H2,1-2H3/t17?,18-,19+. The van der Waals surface area contributed by atoms with Gasteiger partial charge in [0.1, 0.15) is 0 Å². The zero-order chi connectivity index (χ0) is 17.8. The molecule has 0 aliphatic heterocycles. The average Bonchev–Trinajstić information content (AvgIpc) is 2.55. The number of hydrogen-bond donors (Lipinski definition) is 1. The molecule has 4 heteroatoms. The van der Waals surface area contributed by atoms with Crippen molar-refractivity contribution in [1.29, 1.82) is 0 Å². The lowest BCUT2D eigenvalue weighted by atomic mass is 9.74. The van der Waals surface area contributed by atoms with Gasteiger partial charge < -0.3 is 5.32 Å². The maximum atomic E-state index is 12.3. The van der Waals surface area contributed by atoms with E-state index < -0.39 is 12.7 Å². The molecule has 0 radical (unpaired) electrons. The molecule has 0 aromatic carbocycles. The van der Waals surface area contributed by atoms with E-state index in [0.717, 1.165) is 37.5 Å². The summed E-state index contributed by atoms with van der Waals surface area (Å²) in [6, 6.07) is 0.0688. The van der Waals surface area contributed by atoms with Gasteiger partial charge in [-0.2, -0.15) is 13.2 Å². The smallest absolute Gasteiger partial charge is 0.306 e. The van der Waals surface area contributed by atoms with Crippen molar-refractivity contribution in [1.82, 2.24) is 5.32 Å². The molecule has 0 aromatic rings. The highest BCUT2D eigenvalue weighted by molar-refractivity contribution is 4.82. The first kappa shape index (κ1) is 21.8. The Balaban J connectivity index is 2.35. The van der Waals surface area contributed by atoms with Crippen LogP contribution in [0.1, 0.15) is 97.3 Å². The van der Waals surface area contributed by atoms with Crippen LogP contribution in [-0.2, 0) is 0 Å². The molecule has 1 aliphatic carbocycles. The van der Waals surface area contributed by atoms with Crippen LogP contribution in [0.3, 0.4) is 0 Å². The van der Waals surface area contributed by atoms with E-state index in [4.69, 9.17) is 0 Å². The van der Waals surface area contributed by atoms with Gasteiger partial charge in [-0.1, -0.05) is 71.6 Å². The number of hydrogen-bond acceptors (Lipinski definition) is 1. The Labute approximate surface area is 147 Å². The fraction of sp³-hybridized carbons (Fsp3) is 1.00. The average molecular weight is 350 g/mol. The van der Waals surface area contributed by atoms with E-state index in [-0.39, 0.29) is 6.04 Å². The van der Waals surface area contributed by atoms with Crippen LogP contribution in [0.4, 0.5) is 13.2 Å². The van der Waals surface area contributed by atoms with E-state index in [1.165, 1.54) is 57.8 Å². The molecule has 0 aromatic heterocycles. The van der Waals surface area contributed by atoms with Gasteiger partial charge in [0, 0.05) is 6.04 Å². The number of alkyl halides is 3. The summed E-state index contributed by atoms with van der Waals surface area (Å²) in [6.45, 7) is 3.65. The predicted octanol–water partition coefficient (Wildman–Crippen LogP) is 6.86. The summed E-state index contributed by atoms with van der Waals surface area (Å²) >= 11 is 0. The van der Waals surface area contributed by atoms with E-state index in [0.29, 0.717) is 0 Å². The molecule has 0 saturated heterocycles. The van der Waals surface area contributed by atoms with Crippen molar-refractivity contribution >= 4 is 0 Å². The second-order valence-electron chi connectivity index (χ2n) is 7.71. The molecule has 0 bridgehead atoms. The molecule has 0 spiro atoms. The van der Waals surface area contributed by atoms with Gasteiger partial charge in [0.05, 0.1) is 6.54 Å². The molecule has 144 valence electrons.